The van der Waals surface area contributed by atoms with Gasteiger partial charge in [-0.05, 0) is 12.7 Å². The molecular formula is C11H17F3N4S. The minimum absolute atomic E-state index is 0.0330. The number of nitrogens with zero attached hydrogens (tertiary/aromatic N) is 2. The highest BCUT2D eigenvalue weighted by molar-refractivity contribution is 7.99. The van der Waals surface area contributed by atoms with Crippen molar-refractivity contribution in [3.05, 3.63) is 11.9 Å². The maximum absolute atomic E-state index is 12.6. The zero-order chi connectivity index (χ0) is 14.5. The quantitative estimate of drug-likeness (QED) is 0.844. The summed E-state index contributed by atoms with van der Waals surface area (Å²) in [5.74, 6) is 0.940. The highest BCUT2D eigenvalue weighted by atomic mass is 32.2. The molecule has 4 nitrogen and oxygen atoms in total. The van der Waals surface area contributed by atoms with Gasteiger partial charge in [0.15, 0.2) is 0 Å². The van der Waals surface area contributed by atoms with Gasteiger partial charge in [0.2, 0.25) is 5.82 Å². The van der Waals surface area contributed by atoms with E-state index in [9.17, 15) is 13.2 Å². The summed E-state index contributed by atoms with van der Waals surface area (Å²) in [6, 6.07) is 1.49. The third-order valence-corrected chi connectivity index (χ3v) is 3.35. The summed E-state index contributed by atoms with van der Waals surface area (Å²) < 4.78 is 37.9. The van der Waals surface area contributed by atoms with Gasteiger partial charge in [0.1, 0.15) is 11.6 Å². The molecule has 0 saturated heterocycles. The van der Waals surface area contributed by atoms with E-state index in [4.69, 9.17) is 0 Å². The molecule has 108 valence electrons. The summed E-state index contributed by atoms with van der Waals surface area (Å²) in [7, 11) is 1.52. The summed E-state index contributed by atoms with van der Waals surface area (Å²) in [5.41, 5.74) is 0. The Morgan fingerprint density at radius 3 is 2.47 bits per heavy atom. The fourth-order valence-corrected chi connectivity index (χ4v) is 2.04. The average molecular weight is 294 g/mol. The van der Waals surface area contributed by atoms with Gasteiger partial charge in [0.05, 0.1) is 0 Å². The van der Waals surface area contributed by atoms with Gasteiger partial charge in [-0.1, -0.05) is 6.92 Å². The largest absolute Gasteiger partial charge is 0.451 e. The van der Waals surface area contributed by atoms with E-state index in [1.54, 1.807) is 11.8 Å². The molecule has 0 aliphatic rings. The maximum Gasteiger partial charge on any atom is 0.451 e. The van der Waals surface area contributed by atoms with Crippen molar-refractivity contribution >= 4 is 23.4 Å². The third kappa shape index (κ3) is 5.14. The number of hydrogen-bond donors (Lipinski definition) is 2. The zero-order valence-electron chi connectivity index (χ0n) is 11.0. The van der Waals surface area contributed by atoms with Crippen LogP contribution >= 0.6 is 11.8 Å². The van der Waals surface area contributed by atoms with Gasteiger partial charge in [-0.2, -0.15) is 24.9 Å². The van der Waals surface area contributed by atoms with Crippen LogP contribution in [-0.2, 0) is 6.18 Å². The van der Waals surface area contributed by atoms with E-state index >= 15 is 0 Å². The number of anilines is 2. The van der Waals surface area contributed by atoms with E-state index in [1.807, 2.05) is 13.8 Å². The molecule has 1 atom stereocenters. The van der Waals surface area contributed by atoms with Gasteiger partial charge in [-0.25, -0.2) is 9.97 Å². The molecule has 0 saturated carbocycles. The smallest absolute Gasteiger partial charge is 0.373 e. The number of hydrogen-bond acceptors (Lipinski definition) is 5. The molecule has 0 spiro atoms. The van der Waals surface area contributed by atoms with Crippen molar-refractivity contribution in [2.75, 3.05) is 29.2 Å². The summed E-state index contributed by atoms with van der Waals surface area (Å²) in [6.07, 6.45) is -4.55. The van der Waals surface area contributed by atoms with Gasteiger partial charge in [-0.15, -0.1) is 0 Å². The van der Waals surface area contributed by atoms with Crippen molar-refractivity contribution in [3.63, 3.8) is 0 Å². The lowest BCUT2D eigenvalue weighted by Gasteiger charge is -2.16. The standard InChI is InChI=1S/C11H17F3N4S/c1-4-19-6-7(2)16-9-5-8(15-3)17-10(18-9)11(12,13)14/h5,7H,4,6H2,1-3H3,(H2,15,16,17,18). The SMILES string of the molecule is CCSCC(C)Nc1cc(NC)nc(C(F)(F)F)n1. The molecule has 0 fully saturated rings. The predicted molar refractivity (Wildman–Crippen MR) is 72.7 cm³/mol. The minimum Gasteiger partial charge on any atom is -0.373 e. The molecule has 8 heteroatoms. The van der Waals surface area contributed by atoms with E-state index < -0.39 is 12.0 Å². The van der Waals surface area contributed by atoms with Crippen molar-refractivity contribution in [1.82, 2.24) is 9.97 Å². The molecule has 0 radical (unpaired) electrons. The molecule has 1 unspecified atom stereocenters. The van der Waals surface area contributed by atoms with Gasteiger partial charge in [0, 0.05) is 24.9 Å². The van der Waals surface area contributed by atoms with Crippen molar-refractivity contribution in [1.29, 1.82) is 0 Å². The lowest BCUT2D eigenvalue weighted by atomic mass is 10.3. The van der Waals surface area contributed by atoms with Crippen LogP contribution in [0.4, 0.5) is 24.8 Å². The molecule has 2 N–H and O–H groups in total. The summed E-state index contributed by atoms with van der Waals surface area (Å²) in [6.45, 7) is 3.93. The van der Waals surface area contributed by atoms with Crippen LogP contribution in [0.15, 0.2) is 6.07 Å². The van der Waals surface area contributed by atoms with Gasteiger partial charge < -0.3 is 10.6 Å². The second kappa shape index (κ2) is 6.83. The Morgan fingerprint density at radius 1 is 1.32 bits per heavy atom. The van der Waals surface area contributed by atoms with E-state index in [2.05, 4.69) is 20.6 Å². The van der Waals surface area contributed by atoms with Crippen molar-refractivity contribution < 1.29 is 13.2 Å². The number of aromatic nitrogens is 2. The van der Waals surface area contributed by atoms with Crippen molar-refractivity contribution in [2.45, 2.75) is 26.1 Å². The summed E-state index contributed by atoms with van der Waals surface area (Å²) in [5, 5.41) is 5.55. The molecule has 0 aliphatic carbocycles. The Hall–Kier alpha value is -1.18. The Morgan fingerprint density at radius 2 is 1.95 bits per heavy atom. The fourth-order valence-electron chi connectivity index (χ4n) is 1.36. The molecular weight excluding hydrogens is 277 g/mol. The number of alkyl halides is 3. The van der Waals surface area contributed by atoms with Gasteiger partial charge in [-0.3, -0.25) is 0 Å². The average Bonchev–Trinajstić information content (AvgIpc) is 2.34. The second-order valence-corrected chi connectivity index (χ2v) is 5.23. The Balaban J connectivity index is 2.88. The van der Waals surface area contributed by atoms with Crippen LogP contribution < -0.4 is 10.6 Å². The Labute approximate surface area is 114 Å². The molecule has 1 aromatic heterocycles. The highest BCUT2D eigenvalue weighted by Gasteiger charge is 2.35. The first-order valence-corrected chi connectivity index (χ1v) is 7.00. The first kappa shape index (κ1) is 15.9. The van der Waals surface area contributed by atoms with Crippen LogP contribution in [0.3, 0.4) is 0 Å². The van der Waals surface area contributed by atoms with Crippen LogP contribution in [0.25, 0.3) is 0 Å². The molecule has 1 heterocycles. The van der Waals surface area contributed by atoms with E-state index in [0.29, 0.717) is 0 Å². The van der Waals surface area contributed by atoms with E-state index in [1.165, 1.54) is 13.1 Å². The molecule has 1 rings (SSSR count). The normalized spacial score (nSPS) is 13.2. The van der Waals surface area contributed by atoms with Crippen LogP contribution in [0.5, 0.6) is 0 Å². The number of halogens is 3. The van der Waals surface area contributed by atoms with E-state index in [-0.39, 0.29) is 17.7 Å². The zero-order valence-corrected chi connectivity index (χ0v) is 11.8. The lowest BCUT2D eigenvalue weighted by molar-refractivity contribution is -0.144. The molecule has 0 aliphatic heterocycles. The summed E-state index contributed by atoms with van der Waals surface area (Å²) >= 11 is 1.71. The molecule has 0 amide bonds. The highest BCUT2D eigenvalue weighted by Crippen LogP contribution is 2.28. The first-order valence-electron chi connectivity index (χ1n) is 5.85. The van der Waals surface area contributed by atoms with Gasteiger partial charge >= 0.3 is 6.18 Å². The molecule has 0 aromatic carbocycles. The fraction of sp³-hybridized carbons (Fsp3) is 0.636. The second-order valence-electron chi connectivity index (χ2n) is 3.91. The van der Waals surface area contributed by atoms with E-state index in [0.717, 1.165) is 11.5 Å². The van der Waals surface area contributed by atoms with Crippen LogP contribution in [0.1, 0.15) is 19.7 Å². The minimum atomic E-state index is -4.55. The number of thioether (sulfide) groups is 1. The van der Waals surface area contributed by atoms with Crippen LogP contribution in [0.2, 0.25) is 0 Å². The van der Waals surface area contributed by atoms with Crippen molar-refractivity contribution in [3.8, 4) is 0 Å². The molecule has 0 bridgehead atoms. The van der Waals surface area contributed by atoms with Crippen LogP contribution in [0, 0.1) is 0 Å². The van der Waals surface area contributed by atoms with Gasteiger partial charge in [0.25, 0.3) is 0 Å². The monoisotopic (exact) mass is 294 g/mol. The Bertz CT molecular complexity index is 411. The first-order chi connectivity index (χ1) is 8.86. The van der Waals surface area contributed by atoms with Crippen molar-refractivity contribution in [2.24, 2.45) is 0 Å². The molecule has 1 aromatic rings. The molecule has 19 heavy (non-hydrogen) atoms. The summed E-state index contributed by atoms with van der Waals surface area (Å²) in [4.78, 5) is 6.90. The number of rotatable bonds is 6. The Kier molecular flexibility index (Phi) is 5.71. The third-order valence-electron chi connectivity index (χ3n) is 2.20. The maximum atomic E-state index is 12.6. The van der Waals surface area contributed by atoms with Crippen LogP contribution in [-0.4, -0.2) is 34.6 Å². The topological polar surface area (TPSA) is 49.8 Å². The predicted octanol–water partition coefficient (Wildman–Crippen LogP) is 3.09. The number of nitrogens with one attached hydrogen (secondary N) is 2. The lowest BCUT2D eigenvalue weighted by Crippen LogP contribution is -2.21.